The smallest absolute Gasteiger partial charge is 0.317 e. The average Bonchev–Trinajstić information content (AvgIpc) is 3.43. The van der Waals surface area contributed by atoms with Gasteiger partial charge in [-0.25, -0.2) is 4.79 Å². The zero-order valence-electron chi connectivity index (χ0n) is 16.1. The van der Waals surface area contributed by atoms with Crippen molar-refractivity contribution < 1.29 is 4.79 Å². The van der Waals surface area contributed by atoms with Crippen molar-refractivity contribution in [1.29, 1.82) is 0 Å². The molecule has 25 heavy (non-hydrogen) atoms. The summed E-state index contributed by atoms with van der Waals surface area (Å²) in [6.45, 7) is 11.1. The number of fused-ring (bicyclic) bond motifs is 1. The van der Waals surface area contributed by atoms with Crippen molar-refractivity contribution in [2.75, 3.05) is 26.2 Å². The molecule has 0 bridgehead atoms. The third-order valence-corrected chi connectivity index (χ3v) is 5.62. The van der Waals surface area contributed by atoms with E-state index in [2.05, 4.69) is 55.3 Å². The van der Waals surface area contributed by atoms with Crippen molar-refractivity contribution in [2.45, 2.75) is 58.5 Å². The highest BCUT2D eigenvalue weighted by molar-refractivity contribution is 5.74. The van der Waals surface area contributed by atoms with Crippen LogP contribution in [0.1, 0.15) is 51.2 Å². The molecule has 138 valence electrons. The van der Waals surface area contributed by atoms with Gasteiger partial charge < -0.3 is 10.2 Å². The SMILES string of the molecule is CCCN(CC1CC1)C(=O)NCC(C)(C)N1CCc2ccccc2C1. The molecule has 4 nitrogen and oxygen atoms in total. The number of hydrogen-bond donors (Lipinski definition) is 1. The van der Waals surface area contributed by atoms with E-state index in [-0.39, 0.29) is 11.6 Å². The molecule has 4 heteroatoms. The zero-order chi connectivity index (χ0) is 17.9. The lowest BCUT2D eigenvalue weighted by atomic mass is 9.94. The average molecular weight is 344 g/mol. The van der Waals surface area contributed by atoms with Crippen LogP contribution >= 0.6 is 0 Å². The summed E-state index contributed by atoms with van der Waals surface area (Å²) >= 11 is 0. The van der Waals surface area contributed by atoms with Crippen LogP contribution in [-0.4, -0.2) is 47.5 Å². The first-order valence-electron chi connectivity index (χ1n) is 9.84. The lowest BCUT2D eigenvalue weighted by Crippen LogP contribution is -2.55. The normalized spacial score (nSPS) is 17.9. The fourth-order valence-electron chi connectivity index (χ4n) is 3.69. The van der Waals surface area contributed by atoms with Gasteiger partial charge in [-0.2, -0.15) is 0 Å². The maximum absolute atomic E-state index is 12.6. The van der Waals surface area contributed by atoms with E-state index >= 15 is 0 Å². The molecule has 1 N–H and O–H groups in total. The second-order valence-corrected chi connectivity index (χ2v) is 8.30. The van der Waals surface area contributed by atoms with Crippen LogP contribution in [0.4, 0.5) is 4.79 Å². The van der Waals surface area contributed by atoms with Gasteiger partial charge in [0.2, 0.25) is 0 Å². The maximum atomic E-state index is 12.6. The standard InChI is InChI=1S/C21H33N3O/c1-4-12-23(14-17-9-10-17)20(25)22-16-21(2,3)24-13-11-18-7-5-6-8-19(18)15-24/h5-8,17H,4,9-16H2,1-3H3,(H,22,25). The van der Waals surface area contributed by atoms with Crippen LogP contribution < -0.4 is 5.32 Å². The minimum absolute atomic E-state index is 0.0410. The topological polar surface area (TPSA) is 35.6 Å². The molecule has 1 heterocycles. The van der Waals surface area contributed by atoms with E-state index in [4.69, 9.17) is 0 Å². The van der Waals surface area contributed by atoms with Crippen molar-refractivity contribution in [3.8, 4) is 0 Å². The Hall–Kier alpha value is -1.55. The first-order valence-corrected chi connectivity index (χ1v) is 9.84. The Balaban J connectivity index is 1.54. The van der Waals surface area contributed by atoms with Crippen molar-refractivity contribution in [3.05, 3.63) is 35.4 Å². The quantitative estimate of drug-likeness (QED) is 0.820. The summed E-state index contributed by atoms with van der Waals surface area (Å²) in [6.07, 6.45) is 4.68. The van der Waals surface area contributed by atoms with Crippen molar-refractivity contribution in [3.63, 3.8) is 0 Å². The summed E-state index contributed by atoms with van der Waals surface area (Å²) in [5, 5.41) is 3.21. The molecule has 0 unspecified atom stereocenters. The molecule has 0 aromatic heterocycles. The molecule has 1 fully saturated rings. The highest BCUT2D eigenvalue weighted by Gasteiger charge is 2.31. The Morgan fingerprint density at radius 1 is 1.28 bits per heavy atom. The predicted octanol–water partition coefficient (Wildman–Crippen LogP) is 3.65. The molecule has 0 radical (unpaired) electrons. The maximum Gasteiger partial charge on any atom is 0.317 e. The number of nitrogens with one attached hydrogen (secondary N) is 1. The molecule has 3 rings (SSSR count). The van der Waals surface area contributed by atoms with Crippen LogP contribution in [0, 0.1) is 5.92 Å². The minimum Gasteiger partial charge on any atom is -0.336 e. The summed E-state index contributed by atoms with van der Waals surface area (Å²) in [4.78, 5) is 17.1. The lowest BCUT2D eigenvalue weighted by Gasteiger charge is -2.42. The predicted molar refractivity (Wildman–Crippen MR) is 103 cm³/mol. The van der Waals surface area contributed by atoms with E-state index in [1.54, 1.807) is 0 Å². The monoisotopic (exact) mass is 343 g/mol. The third-order valence-electron chi connectivity index (χ3n) is 5.62. The molecule has 0 atom stereocenters. The lowest BCUT2D eigenvalue weighted by molar-refractivity contribution is 0.102. The largest absolute Gasteiger partial charge is 0.336 e. The summed E-state index contributed by atoms with van der Waals surface area (Å²) in [7, 11) is 0. The van der Waals surface area contributed by atoms with Crippen LogP contribution in [0.3, 0.4) is 0 Å². The summed E-state index contributed by atoms with van der Waals surface area (Å²) in [5.41, 5.74) is 2.85. The molecule has 2 amide bonds. The van der Waals surface area contributed by atoms with Gasteiger partial charge in [-0.3, -0.25) is 4.90 Å². The molecular weight excluding hydrogens is 310 g/mol. The minimum atomic E-state index is -0.0410. The van der Waals surface area contributed by atoms with Gasteiger partial charge in [0.1, 0.15) is 0 Å². The Kier molecular flexibility index (Phi) is 5.67. The van der Waals surface area contributed by atoms with Gasteiger partial charge in [0.25, 0.3) is 0 Å². The molecule has 1 aliphatic carbocycles. The molecule has 1 aliphatic heterocycles. The van der Waals surface area contributed by atoms with E-state index in [0.717, 1.165) is 44.9 Å². The van der Waals surface area contributed by atoms with Crippen molar-refractivity contribution in [2.24, 2.45) is 5.92 Å². The van der Waals surface area contributed by atoms with E-state index in [1.807, 2.05) is 4.90 Å². The van der Waals surface area contributed by atoms with E-state index in [1.165, 1.54) is 24.0 Å². The van der Waals surface area contributed by atoms with Gasteiger partial charge in [0.15, 0.2) is 0 Å². The molecule has 0 saturated heterocycles. The molecule has 1 aromatic carbocycles. The number of carbonyl (C=O) groups is 1. The highest BCUT2D eigenvalue weighted by atomic mass is 16.2. The molecule has 1 aromatic rings. The van der Waals surface area contributed by atoms with Crippen LogP contribution in [0.2, 0.25) is 0 Å². The summed E-state index contributed by atoms with van der Waals surface area (Å²) in [6, 6.07) is 8.83. The highest BCUT2D eigenvalue weighted by Crippen LogP contribution is 2.30. The number of nitrogens with zero attached hydrogens (tertiary/aromatic N) is 2. The molecular formula is C21H33N3O. The third kappa shape index (κ3) is 4.75. The second kappa shape index (κ2) is 7.77. The summed E-state index contributed by atoms with van der Waals surface area (Å²) in [5.74, 6) is 0.740. The van der Waals surface area contributed by atoms with Crippen molar-refractivity contribution in [1.82, 2.24) is 15.1 Å². The zero-order valence-corrected chi connectivity index (χ0v) is 16.1. The van der Waals surface area contributed by atoms with Gasteiger partial charge in [-0.15, -0.1) is 0 Å². The van der Waals surface area contributed by atoms with E-state index in [9.17, 15) is 4.79 Å². The molecule has 2 aliphatic rings. The van der Waals surface area contributed by atoms with Crippen LogP contribution in [-0.2, 0) is 13.0 Å². The first-order chi connectivity index (χ1) is 12.0. The van der Waals surface area contributed by atoms with E-state index in [0.29, 0.717) is 6.54 Å². The van der Waals surface area contributed by atoms with Gasteiger partial charge in [-0.05, 0) is 56.6 Å². The second-order valence-electron chi connectivity index (χ2n) is 8.30. The van der Waals surface area contributed by atoms with Gasteiger partial charge in [0, 0.05) is 38.3 Å². The number of hydrogen-bond acceptors (Lipinski definition) is 2. The number of urea groups is 1. The number of amides is 2. The van der Waals surface area contributed by atoms with Crippen LogP contribution in [0.25, 0.3) is 0 Å². The van der Waals surface area contributed by atoms with Gasteiger partial charge >= 0.3 is 6.03 Å². The van der Waals surface area contributed by atoms with Crippen molar-refractivity contribution >= 4 is 6.03 Å². The fraction of sp³-hybridized carbons (Fsp3) is 0.667. The first kappa shape index (κ1) is 18.2. The van der Waals surface area contributed by atoms with Crippen LogP contribution in [0.15, 0.2) is 24.3 Å². The number of benzene rings is 1. The molecule has 1 saturated carbocycles. The van der Waals surface area contributed by atoms with E-state index < -0.39 is 0 Å². The Bertz CT molecular complexity index is 595. The Labute approximate surface area is 152 Å². The van der Waals surface area contributed by atoms with Gasteiger partial charge in [-0.1, -0.05) is 31.2 Å². The van der Waals surface area contributed by atoms with Gasteiger partial charge in [0.05, 0.1) is 0 Å². The molecule has 0 spiro atoms. The Morgan fingerprint density at radius 2 is 2.00 bits per heavy atom. The van der Waals surface area contributed by atoms with Crippen LogP contribution in [0.5, 0.6) is 0 Å². The number of carbonyl (C=O) groups excluding carboxylic acids is 1. The number of rotatable bonds is 7. The summed E-state index contributed by atoms with van der Waals surface area (Å²) < 4.78 is 0. The fourth-order valence-corrected chi connectivity index (χ4v) is 3.69. The Morgan fingerprint density at radius 3 is 2.68 bits per heavy atom.